The fraction of sp³-hybridized carbons (Fsp3) is 0.294. The molecule has 1 unspecified atom stereocenters. The third-order valence-electron chi connectivity index (χ3n) is 4.57. The van der Waals surface area contributed by atoms with Crippen LogP contribution in [0.25, 0.3) is 0 Å². The van der Waals surface area contributed by atoms with E-state index in [0.717, 1.165) is 6.07 Å². The highest BCUT2D eigenvalue weighted by Crippen LogP contribution is 2.32. The monoisotopic (exact) mass is 439 g/mol. The van der Waals surface area contributed by atoms with Crippen molar-refractivity contribution in [2.24, 2.45) is 11.1 Å². The van der Waals surface area contributed by atoms with E-state index in [1.165, 1.54) is 18.3 Å². The van der Waals surface area contributed by atoms with E-state index in [1.54, 1.807) is 17.0 Å². The molecule has 1 atom stereocenters. The second kappa shape index (κ2) is 8.31. The van der Waals surface area contributed by atoms with Crippen molar-refractivity contribution >= 4 is 44.7 Å². The molecule has 3 rings (SSSR count). The number of hydrogen-bond acceptors (Lipinski definition) is 7. The topological polar surface area (TPSA) is 149 Å². The van der Waals surface area contributed by atoms with Gasteiger partial charge in [0.1, 0.15) is 10.7 Å². The molecular weight excluding hydrogens is 422 g/mol. The van der Waals surface area contributed by atoms with E-state index >= 15 is 0 Å². The highest BCUT2D eigenvalue weighted by Gasteiger charge is 2.30. The fourth-order valence-corrected chi connectivity index (χ4v) is 4.08. The van der Waals surface area contributed by atoms with Gasteiger partial charge in [0.15, 0.2) is 0 Å². The maximum Gasteiger partial charge on any atom is 0.270 e. The van der Waals surface area contributed by atoms with Gasteiger partial charge in [-0.1, -0.05) is 11.6 Å². The van der Waals surface area contributed by atoms with Crippen LogP contribution in [0.1, 0.15) is 12.8 Å². The van der Waals surface area contributed by atoms with Gasteiger partial charge in [0.25, 0.3) is 5.69 Å². The molecule has 2 heterocycles. The van der Waals surface area contributed by atoms with Gasteiger partial charge >= 0.3 is 0 Å². The van der Waals surface area contributed by atoms with E-state index < -0.39 is 20.9 Å². The van der Waals surface area contributed by atoms with Crippen LogP contribution in [0.5, 0.6) is 0 Å². The Morgan fingerprint density at radius 1 is 1.34 bits per heavy atom. The molecule has 12 heteroatoms. The van der Waals surface area contributed by atoms with Crippen molar-refractivity contribution in [1.29, 1.82) is 0 Å². The van der Waals surface area contributed by atoms with E-state index in [9.17, 15) is 23.3 Å². The predicted octanol–water partition coefficient (Wildman–Crippen LogP) is 2.15. The number of piperidine rings is 1. The number of carbonyl (C=O) groups is 1. The van der Waals surface area contributed by atoms with E-state index in [0.29, 0.717) is 30.2 Å². The first-order valence-electron chi connectivity index (χ1n) is 8.64. The molecule has 1 saturated heterocycles. The molecule has 29 heavy (non-hydrogen) atoms. The summed E-state index contributed by atoms with van der Waals surface area (Å²) in [6.45, 7) is 0.725. The van der Waals surface area contributed by atoms with Crippen molar-refractivity contribution in [3.8, 4) is 0 Å². The van der Waals surface area contributed by atoms with Gasteiger partial charge in [0, 0.05) is 31.4 Å². The van der Waals surface area contributed by atoms with E-state index in [4.69, 9.17) is 16.7 Å². The Morgan fingerprint density at radius 3 is 2.72 bits per heavy atom. The number of nitrogens with one attached hydrogen (secondary N) is 1. The number of nitro benzene ring substituents is 1. The molecule has 3 N–H and O–H groups in total. The lowest BCUT2D eigenvalue weighted by atomic mass is 9.96. The number of amides is 1. The number of carbonyl (C=O) groups excluding carboxylic acids is 1. The minimum atomic E-state index is -4.20. The zero-order valence-electron chi connectivity index (χ0n) is 15.1. The van der Waals surface area contributed by atoms with Crippen molar-refractivity contribution in [2.45, 2.75) is 17.7 Å². The van der Waals surface area contributed by atoms with Crippen LogP contribution in [0.15, 0.2) is 41.4 Å². The lowest BCUT2D eigenvalue weighted by molar-refractivity contribution is -0.385. The van der Waals surface area contributed by atoms with Gasteiger partial charge in [-0.15, -0.1) is 0 Å². The molecule has 1 aliphatic heterocycles. The van der Waals surface area contributed by atoms with Gasteiger partial charge in [-0.2, -0.15) is 0 Å². The lowest BCUT2D eigenvalue weighted by Crippen LogP contribution is -2.41. The van der Waals surface area contributed by atoms with Gasteiger partial charge in [-0.25, -0.2) is 18.5 Å². The Balaban J connectivity index is 1.82. The van der Waals surface area contributed by atoms with E-state index in [2.05, 4.69) is 10.3 Å². The van der Waals surface area contributed by atoms with Crippen LogP contribution in [0.4, 0.5) is 17.2 Å². The second-order valence-corrected chi connectivity index (χ2v) is 8.56. The van der Waals surface area contributed by atoms with Crippen molar-refractivity contribution < 1.29 is 18.1 Å². The molecule has 0 radical (unpaired) electrons. The molecule has 0 aliphatic carbocycles. The number of nitrogens with two attached hydrogens (primary N) is 1. The van der Waals surface area contributed by atoms with Gasteiger partial charge in [-0.3, -0.25) is 14.9 Å². The minimum absolute atomic E-state index is 0.236. The number of non-ortho nitro benzene ring substituents is 1. The maximum atomic E-state index is 12.6. The number of benzene rings is 1. The Morgan fingerprint density at radius 2 is 2.10 bits per heavy atom. The predicted molar refractivity (Wildman–Crippen MR) is 107 cm³/mol. The molecule has 0 saturated carbocycles. The van der Waals surface area contributed by atoms with Crippen LogP contribution in [-0.2, 0) is 14.8 Å². The number of halogens is 1. The summed E-state index contributed by atoms with van der Waals surface area (Å²) in [6, 6.07) is 6.68. The number of pyridine rings is 1. The highest BCUT2D eigenvalue weighted by atomic mass is 35.5. The van der Waals surface area contributed by atoms with Crippen LogP contribution in [-0.4, -0.2) is 37.3 Å². The first kappa shape index (κ1) is 21.0. The molecule has 1 aromatic carbocycles. The molecule has 0 spiro atoms. The average molecular weight is 440 g/mol. The number of primary sulfonamides is 1. The normalized spacial score (nSPS) is 17.0. The smallest absolute Gasteiger partial charge is 0.270 e. The first-order valence-corrected chi connectivity index (χ1v) is 10.6. The third-order valence-corrected chi connectivity index (χ3v) is 5.74. The van der Waals surface area contributed by atoms with Crippen molar-refractivity contribution in [3.05, 3.63) is 51.7 Å². The van der Waals surface area contributed by atoms with Crippen molar-refractivity contribution in [2.75, 3.05) is 23.3 Å². The summed E-state index contributed by atoms with van der Waals surface area (Å²) in [5, 5.41) is 19.4. The molecule has 154 valence electrons. The molecule has 1 aliphatic rings. The summed E-state index contributed by atoms with van der Waals surface area (Å²) in [5.74, 6) is -0.328. The summed E-state index contributed by atoms with van der Waals surface area (Å²) < 4.78 is 24.0. The first-order chi connectivity index (χ1) is 13.6. The Bertz CT molecular complexity index is 1040. The molecule has 1 amide bonds. The summed E-state index contributed by atoms with van der Waals surface area (Å²) in [5.41, 5.74) is -0.141. The largest absolute Gasteiger partial charge is 0.370 e. The number of aromatic nitrogens is 1. The van der Waals surface area contributed by atoms with Crippen LogP contribution in [0, 0.1) is 16.0 Å². The zero-order valence-corrected chi connectivity index (χ0v) is 16.7. The fourth-order valence-electron chi connectivity index (χ4n) is 3.19. The number of nitro groups is 1. The zero-order chi connectivity index (χ0) is 21.2. The Hall–Kier alpha value is -2.76. The lowest BCUT2D eigenvalue weighted by Gasteiger charge is -2.34. The Labute approximate surface area is 171 Å². The second-order valence-electron chi connectivity index (χ2n) is 6.59. The number of anilines is 2. The SMILES string of the molecule is NS(=O)(=O)c1cc([N+](=O)[O-])ccc1N1CCCC(C(=O)Nc2ccc(Cl)cn2)C1. The standard InChI is InChI=1S/C17H18ClN5O5S/c18-12-3-6-16(20-9-12)21-17(24)11-2-1-7-22(10-11)14-5-4-13(23(25)26)8-15(14)29(19,27)28/h3-6,8-9,11H,1-2,7,10H2,(H2,19,27,28)(H,20,21,24). The number of nitrogens with zero attached hydrogens (tertiary/aromatic N) is 3. The quantitative estimate of drug-likeness (QED) is 0.535. The highest BCUT2D eigenvalue weighted by molar-refractivity contribution is 7.89. The van der Waals surface area contributed by atoms with Gasteiger partial charge < -0.3 is 10.2 Å². The molecule has 1 fully saturated rings. The number of hydrogen-bond donors (Lipinski definition) is 2. The van der Waals surface area contributed by atoms with E-state index in [1.807, 2.05) is 0 Å². The summed E-state index contributed by atoms with van der Waals surface area (Å²) in [7, 11) is -4.20. The number of rotatable bonds is 5. The molecule has 0 bridgehead atoms. The van der Waals surface area contributed by atoms with Gasteiger partial charge in [-0.05, 0) is 31.0 Å². The van der Waals surface area contributed by atoms with Crippen LogP contribution >= 0.6 is 11.6 Å². The van der Waals surface area contributed by atoms with Crippen LogP contribution in [0.2, 0.25) is 5.02 Å². The minimum Gasteiger partial charge on any atom is -0.370 e. The van der Waals surface area contributed by atoms with Crippen LogP contribution in [0.3, 0.4) is 0 Å². The summed E-state index contributed by atoms with van der Waals surface area (Å²) >= 11 is 5.78. The number of sulfonamides is 1. The van der Waals surface area contributed by atoms with Crippen molar-refractivity contribution in [3.63, 3.8) is 0 Å². The average Bonchev–Trinajstić information content (AvgIpc) is 2.68. The molecular formula is C17H18ClN5O5S. The summed E-state index contributed by atoms with van der Waals surface area (Å²) in [4.78, 5) is 28.3. The van der Waals surface area contributed by atoms with Crippen molar-refractivity contribution in [1.82, 2.24) is 4.98 Å². The van der Waals surface area contributed by atoms with Gasteiger partial charge in [0.05, 0.1) is 21.6 Å². The summed E-state index contributed by atoms with van der Waals surface area (Å²) in [6.07, 6.45) is 2.65. The van der Waals surface area contributed by atoms with E-state index in [-0.39, 0.29) is 28.7 Å². The third kappa shape index (κ3) is 5.00. The maximum absolute atomic E-state index is 12.6. The van der Waals surface area contributed by atoms with Gasteiger partial charge in [0.2, 0.25) is 15.9 Å². The molecule has 2 aromatic rings. The van der Waals surface area contributed by atoms with Crippen LogP contribution < -0.4 is 15.4 Å². The molecule has 10 nitrogen and oxygen atoms in total. The molecule has 1 aromatic heterocycles. The Kier molecular flexibility index (Phi) is 6.01.